The van der Waals surface area contributed by atoms with Crippen LogP contribution < -0.4 is 4.90 Å². The molecule has 0 spiro atoms. The van der Waals surface area contributed by atoms with Crippen LogP contribution in [0.5, 0.6) is 0 Å². The largest absolute Gasteiger partial charge is 0.372 e. The molecule has 1 aliphatic rings. The van der Waals surface area contributed by atoms with Crippen molar-refractivity contribution in [1.29, 1.82) is 0 Å². The Balaban J connectivity index is 0.000000102. The average molecular weight is 1750 g/mol. The molecule has 1 saturated heterocycles. The minimum atomic E-state index is 0.848. The molecule has 0 saturated carbocycles. The van der Waals surface area contributed by atoms with Gasteiger partial charge in [-0.05, 0) is 113 Å². The van der Waals surface area contributed by atoms with Gasteiger partial charge in [0.1, 0.15) is 23.3 Å². The first kappa shape index (κ1) is 77.2. The van der Waals surface area contributed by atoms with Crippen LogP contribution in [0.25, 0.3) is 212 Å². The van der Waals surface area contributed by atoms with E-state index >= 15 is 0 Å². The van der Waals surface area contributed by atoms with E-state index in [1.807, 2.05) is 61.1 Å². The lowest BCUT2D eigenvalue weighted by Gasteiger charge is -2.28. The van der Waals surface area contributed by atoms with Crippen molar-refractivity contribution >= 4 is 114 Å². The molecule has 15 heteroatoms. The Kier molecular flexibility index (Phi) is 21.0. The molecule has 0 unspecified atom stereocenters. The monoisotopic (exact) mass is 1740 g/mol. The number of anilines is 1. The second-order valence-corrected chi connectivity index (χ2v) is 33.4. The molecule has 8 aromatic heterocycles. The van der Waals surface area contributed by atoms with Gasteiger partial charge in [-0.25, -0.2) is 19.9 Å². The second kappa shape index (κ2) is 34.0. The van der Waals surface area contributed by atoms with Crippen molar-refractivity contribution in [2.45, 2.75) is 19.3 Å². The third-order valence-electron chi connectivity index (χ3n) is 23.9. The molecular formula is C110H83Br2N13. The lowest BCUT2D eigenvalue weighted by Crippen LogP contribution is -2.29. The van der Waals surface area contributed by atoms with Crippen molar-refractivity contribution in [3.8, 4) is 135 Å². The van der Waals surface area contributed by atoms with Gasteiger partial charge in [0.25, 0.3) is 0 Å². The number of nitrogens with one attached hydrogen (secondary N) is 7. The Morgan fingerprint density at radius 1 is 0.272 bits per heavy atom. The van der Waals surface area contributed by atoms with Crippen molar-refractivity contribution in [2.24, 2.45) is 7.05 Å². The normalized spacial score (nSPS) is 12.1. The zero-order valence-electron chi connectivity index (χ0n) is 68.3. The number of rotatable bonds is 13. The third-order valence-corrected chi connectivity index (χ3v) is 24.8. The van der Waals surface area contributed by atoms with Gasteiger partial charge in [0.15, 0.2) is 0 Å². The number of fused-ring (bicyclic) bond motifs is 10. The molecule has 24 rings (SSSR count). The fourth-order valence-corrected chi connectivity index (χ4v) is 18.3. The second-order valence-electron chi connectivity index (χ2n) is 31.6. The standard InChI is InChI=1S/C29H20BrN3.C29H21N3.C28H25BrN4.C24H17N3/c30-23-15-16-26-24(17-23)25(18-31-26)29-32-27(21-9-5-2-6-10-21)28(33-29)22-13-11-20(12-14-22)19-7-3-1-4-8-19;1-3-9-20(10-4-1)21-15-17-23(18-16-21)28-27(22-11-5-2-6-12-22)31-29(32-28)25-19-30-26-14-8-7-13-24(25)26;29-21-11-14-25-23(17-21)24(18-30-25)28-31-26(19-7-3-1-4-8-19)27(32-28)20-9-12-22(13-10-20)33-15-5-2-6-16-33;1-27-14-20(17-10-6-7-13-21(17)27)24-25-22-18-11-4-2-8-15(18)16-9-3-5-12-19(16)23(22)26-24/h1-18,31H,(H,32,33);1-19,30H,(H,31,32);1,3-4,7-14,17-18,30H,2,5-6,15-16H2,(H,31,32);2-14H,1H3,(H,25,26). The summed E-state index contributed by atoms with van der Waals surface area (Å²) in [6, 6.07) is 125. The summed E-state index contributed by atoms with van der Waals surface area (Å²) in [5.41, 5.74) is 29.7. The molecular weight excluding hydrogens is 1660 g/mol. The summed E-state index contributed by atoms with van der Waals surface area (Å²) < 4.78 is 4.26. The fourth-order valence-electron chi connectivity index (χ4n) is 17.6. The summed E-state index contributed by atoms with van der Waals surface area (Å²) in [6.45, 7) is 2.30. The molecule has 0 bridgehead atoms. The molecule has 0 amide bonds. The molecule has 7 N–H and O–H groups in total. The molecule has 9 heterocycles. The van der Waals surface area contributed by atoms with E-state index in [1.165, 1.54) is 79.7 Å². The zero-order valence-corrected chi connectivity index (χ0v) is 71.5. The number of halogens is 2. The van der Waals surface area contributed by atoms with E-state index in [0.29, 0.717) is 0 Å². The summed E-state index contributed by atoms with van der Waals surface area (Å²) in [6.07, 6.45) is 12.2. The van der Waals surface area contributed by atoms with E-state index in [9.17, 15) is 0 Å². The summed E-state index contributed by atoms with van der Waals surface area (Å²) in [5, 5.41) is 9.55. The SMILES string of the molecule is Brc1ccc2[nH]cc(-c3nc(-c4ccccc4)c(-c4ccc(-c5ccccc5)cc4)[nH]3)c2c1.Brc1ccc2[nH]cc(-c3nc(-c4ccccc4)c(-c4ccc(N5CCCCC5)cc4)[nH]3)c2c1.Cn1cc(-c2nc3c4ccccc4c4ccccc4c3[nH]2)c2ccccc21.c1ccc(-c2ccc(-c3[nH]c(-c4c[nH]c5ccccc45)nc3-c3ccccc3)cc2)cc1. The minimum Gasteiger partial charge on any atom is -0.372 e. The Morgan fingerprint density at radius 2 is 0.616 bits per heavy atom. The molecule has 23 aromatic rings. The number of H-pyrrole nitrogens is 7. The first-order valence-corrected chi connectivity index (χ1v) is 43.9. The maximum Gasteiger partial charge on any atom is 0.140 e. The van der Waals surface area contributed by atoms with Gasteiger partial charge in [0.05, 0.1) is 45.2 Å². The van der Waals surface area contributed by atoms with E-state index in [0.717, 1.165) is 179 Å². The number of benzene rings is 15. The molecule has 15 aromatic carbocycles. The summed E-state index contributed by atoms with van der Waals surface area (Å²) >= 11 is 7.21. The van der Waals surface area contributed by atoms with Crippen molar-refractivity contribution < 1.29 is 0 Å². The van der Waals surface area contributed by atoms with Crippen LogP contribution >= 0.6 is 31.9 Å². The van der Waals surface area contributed by atoms with E-state index in [4.69, 9.17) is 19.9 Å². The Bertz CT molecular complexity index is 7690. The van der Waals surface area contributed by atoms with Gasteiger partial charge < -0.3 is 44.4 Å². The van der Waals surface area contributed by atoms with Crippen LogP contribution in [0.1, 0.15) is 19.3 Å². The van der Waals surface area contributed by atoms with Crippen molar-refractivity contribution in [2.75, 3.05) is 18.0 Å². The number of aryl methyl sites for hydroxylation is 1. The number of imidazole rings is 4. The number of nitrogens with zero attached hydrogens (tertiary/aromatic N) is 6. The number of hydrogen-bond donors (Lipinski definition) is 7. The number of para-hydroxylation sites is 2. The minimum absolute atomic E-state index is 0.848. The molecule has 1 fully saturated rings. The van der Waals surface area contributed by atoms with Crippen LogP contribution in [0.3, 0.4) is 0 Å². The molecule has 1 aliphatic heterocycles. The highest BCUT2D eigenvalue weighted by atomic mass is 79.9. The van der Waals surface area contributed by atoms with Crippen LogP contribution in [0.4, 0.5) is 5.69 Å². The predicted molar refractivity (Wildman–Crippen MR) is 526 cm³/mol. The van der Waals surface area contributed by atoms with Crippen LogP contribution in [0.15, 0.2) is 392 Å². The first-order valence-electron chi connectivity index (χ1n) is 42.3. The van der Waals surface area contributed by atoms with Crippen LogP contribution in [0.2, 0.25) is 0 Å². The highest BCUT2D eigenvalue weighted by Crippen LogP contribution is 2.43. The summed E-state index contributed by atoms with van der Waals surface area (Å²) in [4.78, 5) is 47.4. The van der Waals surface area contributed by atoms with Crippen LogP contribution in [-0.4, -0.2) is 72.5 Å². The van der Waals surface area contributed by atoms with Gasteiger partial charge in [0, 0.05) is 170 Å². The van der Waals surface area contributed by atoms with Crippen molar-refractivity contribution in [3.05, 3.63) is 392 Å². The highest BCUT2D eigenvalue weighted by molar-refractivity contribution is 9.10. The number of hydrogen-bond acceptors (Lipinski definition) is 5. The molecule has 13 nitrogen and oxygen atoms in total. The van der Waals surface area contributed by atoms with Crippen LogP contribution in [0, 0.1) is 0 Å². The van der Waals surface area contributed by atoms with Crippen LogP contribution in [-0.2, 0) is 7.05 Å². The van der Waals surface area contributed by atoms with E-state index in [-0.39, 0.29) is 0 Å². The Morgan fingerprint density at radius 3 is 1.08 bits per heavy atom. The van der Waals surface area contributed by atoms with Crippen molar-refractivity contribution in [1.82, 2.24) is 59.4 Å². The maximum atomic E-state index is 5.09. The molecule has 602 valence electrons. The first-order chi connectivity index (χ1) is 61.7. The number of aromatic nitrogens is 12. The van der Waals surface area contributed by atoms with Gasteiger partial charge in [0.2, 0.25) is 0 Å². The Hall–Kier alpha value is -15.2. The molecule has 0 atom stereocenters. The quantitative estimate of drug-likeness (QED) is 0.0569. The zero-order chi connectivity index (χ0) is 83.7. The maximum absolute atomic E-state index is 5.09. The summed E-state index contributed by atoms with van der Waals surface area (Å²) in [7, 11) is 2.08. The lowest BCUT2D eigenvalue weighted by molar-refractivity contribution is 0.578. The fraction of sp³-hybridized carbons (Fsp3) is 0.0545. The molecule has 0 aliphatic carbocycles. The van der Waals surface area contributed by atoms with Gasteiger partial charge in [-0.3, -0.25) is 0 Å². The van der Waals surface area contributed by atoms with Gasteiger partial charge >= 0.3 is 0 Å². The van der Waals surface area contributed by atoms with E-state index < -0.39 is 0 Å². The smallest absolute Gasteiger partial charge is 0.140 e. The Labute approximate surface area is 739 Å². The van der Waals surface area contributed by atoms with Crippen molar-refractivity contribution in [3.63, 3.8) is 0 Å². The topological polar surface area (TPSA) is 170 Å². The molecule has 0 radical (unpaired) electrons. The number of piperidine rings is 1. The van der Waals surface area contributed by atoms with E-state index in [2.05, 4.69) is 405 Å². The lowest BCUT2D eigenvalue weighted by atomic mass is 10.0. The van der Waals surface area contributed by atoms with E-state index in [1.54, 1.807) is 0 Å². The third kappa shape index (κ3) is 15.4. The van der Waals surface area contributed by atoms with Gasteiger partial charge in [-0.15, -0.1) is 0 Å². The average Bonchev–Trinajstić information content (AvgIpc) is 1.61. The molecule has 125 heavy (non-hydrogen) atoms. The predicted octanol–water partition coefficient (Wildman–Crippen LogP) is 29.6. The number of aromatic amines is 7. The van der Waals surface area contributed by atoms with Gasteiger partial charge in [-0.1, -0.05) is 329 Å². The highest BCUT2D eigenvalue weighted by Gasteiger charge is 2.24. The summed E-state index contributed by atoms with van der Waals surface area (Å²) in [5.74, 6) is 3.50. The van der Waals surface area contributed by atoms with Gasteiger partial charge in [-0.2, -0.15) is 0 Å².